The molecular formula is C28H21FN4O2. The maximum atomic E-state index is 13.0. The summed E-state index contributed by atoms with van der Waals surface area (Å²) in [6, 6.07) is 22.7. The van der Waals surface area contributed by atoms with Crippen LogP contribution in [0.4, 0.5) is 10.2 Å². The number of halogens is 1. The van der Waals surface area contributed by atoms with Crippen molar-refractivity contribution < 1.29 is 13.9 Å². The zero-order valence-corrected chi connectivity index (χ0v) is 18.9. The van der Waals surface area contributed by atoms with Gasteiger partial charge in [-0.05, 0) is 71.8 Å². The van der Waals surface area contributed by atoms with Crippen molar-refractivity contribution in [3.8, 4) is 28.3 Å². The van der Waals surface area contributed by atoms with Crippen LogP contribution in [0.2, 0.25) is 0 Å². The van der Waals surface area contributed by atoms with Crippen molar-refractivity contribution in [1.29, 1.82) is 0 Å². The molecule has 6 nitrogen and oxygen atoms in total. The number of hydrogen-bond acceptors (Lipinski definition) is 6. The van der Waals surface area contributed by atoms with Crippen LogP contribution in [0, 0.1) is 5.82 Å². The average Bonchev–Trinajstić information content (AvgIpc) is 2.92. The zero-order valence-electron chi connectivity index (χ0n) is 18.9. The summed E-state index contributed by atoms with van der Waals surface area (Å²) in [6.45, 7) is -0.122. The number of carbonyl (C=O) groups excluding carboxylic acids is 1. The first-order valence-corrected chi connectivity index (χ1v) is 11.0. The lowest BCUT2D eigenvalue weighted by Gasteiger charge is -2.11. The minimum Gasteiger partial charge on any atom is -0.485 e. The molecule has 0 fully saturated rings. The summed E-state index contributed by atoms with van der Waals surface area (Å²) < 4.78 is 18.7. The number of rotatable bonds is 7. The Morgan fingerprint density at radius 1 is 0.914 bits per heavy atom. The number of carbonyl (C=O) groups is 1. The molecule has 7 heteroatoms. The van der Waals surface area contributed by atoms with Crippen molar-refractivity contribution in [1.82, 2.24) is 15.0 Å². The summed E-state index contributed by atoms with van der Waals surface area (Å²) in [5.74, 6) is 1.32. The van der Waals surface area contributed by atoms with E-state index in [9.17, 15) is 9.18 Å². The van der Waals surface area contributed by atoms with E-state index in [-0.39, 0.29) is 18.2 Å². The molecule has 0 aliphatic rings. The van der Waals surface area contributed by atoms with Crippen LogP contribution in [0.1, 0.15) is 10.4 Å². The quantitative estimate of drug-likeness (QED) is 0.307. The number of ether oxygens (including phenoxy) is 1. The summed E-state index contributed by atoms with van der Waals surface area (Å²) in [7, 11) is 1.83. The molecule has 0 spiro atoms. The van der Waals surface area contributed by atoms with Gasteiger partial charge in [0.1, 0.15) is 17.4 Å². The number of benzene rings is 3. The molecule has 0 saturated heterocycles. The van der Waals surface area contributed by atoms with E-state index >= 15 is 0 Å². The van der Waals surface area contributed by atoms with E-state index in [1.807, 2.05) is 61.6 Å². The molecule has 1 N–H and O–H groups in total. The lowest BCUT2D eigenvalue weighted by Crippen LogP contribution is -2.11. The van der Waals surface area contributed by atoms with Gasteiger partial charge < -0.3 is 10.1 Å². The van der Waals surface area contributed by atoms with E-state index in [0.717, 1.165) is 33.4 Å². The first-order valence-electron chi connectivity index (χ1n) is 11.0. The van der Waals surface area contributed by atoms with Gasteiger partial charge in [0.25, 0.3) is 0 Å². The fraction of sp³-hybridized carbons (Fsp3) is 0.0714. The molecule has 0 aliphatic heterocycles. The number of aromatic nitrogens is 3. The minimum atomic E-state index is -0.380. The average molecular weight is 465 g/mol. The Kier molecular flexibility index (Phi) is 6.13. The first-order chi connectivity index (χ1) is 17.1. The second kappa shape index (κ2) is 9.69. The maximum Gasteiger partial charge on any atom is 0.200 e. The van der Waals surface area contributed by atoms with Crippen LogP contribution in [-0.2, 0) is 0 Å². The van der Waals surface area contributed by atoms with Gasteiger partial charge in [-0.25, -0.2) is 14.4 Å². The van der Waals surface area contributed by atoms with Crippen LogP contribution < -0.4 is 10.1 Å². The number of hydrogen-bond donors (Lipinski definition) is 1. The van der Waals surface area contributed by atoms with Crippen molar-refractivity contribution >= 4 is 22.5 Å². The van der Waals surface area contributed by atoms with Gasteiger partial charge in [-0.15, -0.1) is 0 Å². The lowest BCUT2D eigenvalue weighted by molar-refractivity contribution is 0.0921. The third-order valence-electron chi connectivity index (χ3n) is 5.58. The molecule has 2 heterocycles. The minimum absolute atomic E-state index is 0.122. The number of ketones is 1. The van der Waals surface area contributed by atoms with Crippen molar-refractivity contribution in [2.75, 3.05) is 19.0 Å². The fourth-order valence-corrected chi connectivity index (χ4v) is 3.73. The number of pyridine rings is 1. The monoisotopic (exact) mass is 464 g/mol. The van der Waals surface area contributed by atoms with Gasteiger partial charge in [-0.1, -0.05) is 18.2 Å². The molecule has 5 aromatic rings. The predicted molar refractivity (Wildman–Crippen MR) is 134 cm³/mol. The Hall–Kier alpha value is -4.65. The first kappa shape index (κ1) is 22.2. The molecule has 0 saturated carbocycles. The standard InChI is InChI=1S/C28H21FN4O2/c1-30-28-24-15-20(8-13-25(24)32-27(33-28)21-3-2-14-31-16-21)18-6-11-23(12-7-18)35-17-26(34)19-4-9-22(29)10-5-19/h2-16H,17H2,1H3,(H,30,32,33). The second-order valence-corrected chi connectivity index (χ2v) is 7.86. The van der Waals surface area contributed by atoms with Crippen molar-refractivity contribution in [2.24, 2.45) is 0 Å². The molecule has 0 atom stereocenters. The van der Waals surface area contributed by atoms with E-state index in [2.05, 4.69) is 15.3 Å². The maximum absolute atomic E-state index is 13.0. The van der Waals surface area contributed by atoms with Crippen molar-refractivity contribution in [3.05, 3.63) is 103 Å². The molecule has 35 heavy (non-hydrogen) atoms. The van der Waals surface area contributed by atoms with Crippen LogP contribution in [0.15, 0.2) is 91.3 Å². The van der Waals surface area contributed by atoms with Crippen molar-refractivity contribution in [3.63, 3.8) is 0 Å². The molecule has 0 amide bonds. The lowest BCUT2D eigenvalue weighted by atomic mass is 10.0. The predicted octanol–water partition coefficient (Wildman–Crippen LogP) is 5.80. The summed E-state index contributed by atoms with van der Waals surface area (Å²) in [4.78, 5) is 25.8. The number of nitrogens with zero attached hydrogens (tertiary/aromatic N) is 3. The summed E-state index contributed by atoms with van der Waals surface area (Å²) in [5.41, 5.74) is 4.08. The molecule has 172 valence electrons. The van der Waals surface area contributed by atoms with Gasteiger partial charge in [0.05, 0.1) is 5.52 Å². The summed E-state index contributed by atoms with van der Waals surface area (Å²) in [6.07, 6.45) is 3.46. The summed E-state index contributed by atoms with van der Waals surface area (Å²) in [5, 5.41) is 4.07. The third-order valence-corrected chi connectivity index (χ3v) is 5.58. The van der Waals surface area contributed by atoms with Gasteiger partial charge in [0.15, 0.2) is 18.2 Å². The van der Waals surface area contributed by atoms with Gasteiger partial charge in [0, 0.05) is 36.0 Å². The van der Waals surface area contributed by atoms with Crippen LogP contribution in [0.3, 0.4) is 0 Å². The van der Waals surface area contributed by atoms with E-state index in [1.165, 1.54) is 24.3 Å². The molecule has 0 aliphatic carbocycles. The molecule has 0 unspecified atom stereocenters. The molecule has 0 bridgehead atoms. The topological polar surface area (TPSA) is 77.0 Å². The molecule has 2 aromatic heterocycles. The highest BCUT2D eigenvalue weighted by Gasteiger charge is 2.11. The van der Waals surface area contributed by atoms with Gasteiger partial charge in [-0.2, -0.15) is 0 Å². The van der Waals surface area contributed by atoms with E-state index in [0.29, 0.717) is 17.1 Å². The van der Waals surface area contributed by atoms with Crippen LogP contribution in [0.25, 0.3) is 33.4 Å². The summed E-state index contributed by atoms with van der Waals surface area (Å²) >= 11 is 0. The number of fused-ring (bicyclic) bond motifs is 1. The Labute approximate surface area is 201 Å². The largest absolute Gasteiger partial charge is 0.485 e. The Bertz CT molecular complexity index is 1490. The van der Waals surface area contributed by atoms with Crippen LogP contribution in [-0.4, -0.2) is 34.4 Å². The number of Topliss-reactive ketones (excluding diaryl/α,β-unsaturated/α-hetero) is 1. The molecule has 3 aromatic carbocycles. The number of anilines is 1. The van der Waals surface area contributed by atoms with E-state index in [1.54, 1.807) is 12.4 Å². The van der Waals surface area contributed by atoms with E-state index in [4.69, 9.17) is 9.72 Å². The molecular weight excluding hydrogens is 443 g/mol. The Morgan fingerprint density at radius 3 is 2.40 bits per heavy atom. The van der Waals surface area contributed by atoms with Crippen molar-refractivity contribution in [2.45, 2.75) is 0 Å². The van der Waals surface area contributed by atoms with Crippen LogP contribution in [0.5, 0.6) is 5.75 Å². The molecule has 5 rings (SSSR count). The smallest absolute Gasteiger partial charge is 0.200 e. The third kappa shape index (κ3) is 4.84. The zero-order chi connectivity index (χ0) is 24.2. The molecule has 0 radical (unpaired) electrons. The SMILES string of the molecule is CNc1nc(-c2cccnc2)nc2ccc(-c3ccc(OCC(=O)c4ccc(F)cc4)cc3)cc12. The highest BCUT2D eigenvalue weighted by molar-refractivity contribution is 5.97. The highest BCUT2D eigenvalue weighted by Crippen LogP contribution is 2.30. The van der Waals surface area contributed by atoms with Crippen LogP contribution >= 0.6 is 0 Å². The Balaban J connectivity index is 1.35. The Morgan fingerprint density at radius 2 is 1.69 bits per heavy atom. The van der Waals surface area contributed by atoms with Gasteiger partial charge >= 0.3 is 0 Å². The van der Waals surface area contributed by atoms with E-state index < -0.39 is 0 Å². The highest BCUT2D eigenvalue weighted by atomic mass is 19.1. The fourth-order valence-electron chi connectivity index (χ4n) is 3.73. The normalized spacial score (nSPS) is 10.8. The second-order valence-electron chi connectivity index (χ2n) is 7.86. The number of nitrogens with one attached hydrogen (secondary N) is 1. The van der Waals surface area contributed by atoms with Gasteiger partial charge in [-0.3, -0.25) is 9.78 Å². The van der Waals surface area contributed by atoms with Gasteiger partial charge in [0.2, 0.25) is 0 Å².